The number of methoxy groups -OCH3 is 1. The number of nitrogens with zero attached hydrogens (tertiary/aromatic N) is 1. The summed E-state index contributed by atoms with van der Waals surface area (Å²) in [5, 5.41) is 11.7. The summed E-state index contributed by atoms with van der Waals surface area (Å²) in [6, 6.07) is 3.93. The quantitative estimate of drug-likeness (QED) is 0.790. The lowest BCUT2D eigenvalue weighted by molar-refractivity contribution is 0.0697. The molecule has 0 aliphatic heterocycles. The van der Waals surface area contributed by atoms with Gasteiger partial charge in [0.1, 0.15) is 5.75 Å². The predicted molar refractivity (Wildman–Crippen MR) is 81.0 cm³/mol. The maximum atomic E-state index is 12.3. The van der Waals surface area contributed by atoms with E-state index in [2.05, 4.69) is 11.9 Å². The van der Waals surface area contributed by atoms with Crippen molar-refractivity contribution in [3.63, 3.8) is 0 Å². The van der Waals surface area contributed by atoms with Crippen molar-refractivity contribution >= 4 is 17.7 Å². The van der Waals surface area contributed by atoms with Gasteiger partial charge in [-0.2, -0.15) is 0 Å². The van der Waals surface area contributed by atoms with E-state index in [4.69, 9.17) is 9.84 Å². The average Bonchev–Trinajstić information content (AvgIpc) is 2.43. The van der Waals surface area contributed by atoms with E-state index >= 15 is 0 Å². The van der Waals surface area contributed by atoms with Crippen LogP contribution in [0, 0.1) is 0 Å². The number of nitrogens with one attached hydrogen (secondary N) is 1. The van der Waals surface area contributed by atoms with Crippen molar-refractivity contribution in [3.05, 3.63) is 36.4 Å². The van der Waals surface area contributed by atoms with Gasteiger partial charge in [0.2, 0.25) is 0 Å². The van der Waals surface area contributed by atoms with Crippen LogP contribution in [-0.4, -0.2) is 41.7 Å². The molecule has 2 amide bonds. The number of amides is 2. The molecule has 2 N–H and O–H groups in total. The predicted octanol–water partition coefficient (Wildman–Crippen LogP) is 2.82. The van der Waals surface area contributed by atoms with Crippen LogP contribution in [0.3, 0.4) is 0 Å². The van der Waals surface area contributed by atoms with E-state index in [9.17, 15) is 9.59 Å². The Morgan fingerprint density at radius 1 is 1.48 bits per heavy atom. The number of carboxylic acids is 1. The molecule has 0 aliphatic carbocycles. The Hall–Kier alpha value is -2.50. The maximum Gasteiger partial charge on any atom is 0.335 e. The average molecular weight is 292 g/mol. The molecule has 0 bridgehead atoms. The molecule has 0 atom stereocenters. The molecule has 6 nitrogen and oxygen atoms in total. The summed E-state index contributed by atoms with van der Waals surface area (Å²) in [4.78, 5) is 24.8. The second kappa shape index (κ2) is 7.33. The van der Waals surface area contributed by atoms with E-state index in [0.717, 1.165) is 0 Å². The summed E-state index contributed by atoms with van der Waals surface area (Å²) in [5.41, 5.74) is 0.392. The topological polar surface area (TPSA) is 78.9 Å². The lowest BCUT2D eigenvalue weighted by atomic mass is 10.2. The lowest BCUT2D eigenvalue weighted by Crippen LogP contribution is -2.40. The van der Waals surface area contributed by atoms with Crippen LogP contribution in [0.2, 0.25) is 0 Å². The fourth-order valence-electron chi connectivity index (χ4n) is 1.79. The summed E-state index contributed by atoms with van der Waals surface area (Å²) in [7, 11) is 1.45. The molecule has 21 heavy (non-hydrogen) atoms. The SMILES string of the molecule is C=CCN(C(=O)Nc1cc(C(=O)O)ccc1OC)C(C)C. The summed E-state index contributed by atoms with van der Waals surface area (Å²) >= 11 is 0. The van der Waals surface area contributed by atoms with Gasteiger partial charge in [0.25, 0.3) is 0 Å². The monoisotopic (exact) mass is 292 g/mol. The molecular weight excluding hydrogens is 272 g/mol. The van der Waals surface area contributed by atoms with Crippen LogP contribution in [0.1, 0.15) is 24.2 Å². The molecule has 1 aromatic carbocycles. The Kier molecular flexibility index (Phi) is 5.78. The van der Waals surface area contributed by atoms with Gasteiger partial charge in [-0.25, -0.2) is 9.59 Å². The highest BCUT2D eigenvalue weighted by Gasteiger charge is 2.18. The van der Waals surface area contributed by atoms with E-state index in [1.54, 1.807) is 11.0 Å². The van der Waals surface area contributed by atoms with E-state index in [-0.39, 0.29) is 17.6 Å². The van der Waals surface area contributed by atoms with Gasteiger partial charge in [-0.15, -0.1) is 6.58 Å². The minimum absolute atomic E-state index is 0.0170. The normalized spacial score (nSPS) is 10.1. The van der Waals surface area contributed by atoms with Crippen molar-refractivity contribution in [2.24, 2.45) is 0 Å². The Balaban J connectivity index is 3.04. The molecule has 0 aliphatic rings. The third kappa shape index (κ3) is 4.24. The van der Waals surface area contributed by atoms with Gasteiger partial charge < -0.3 is 20.1 Å². The summed E-state index contributed by atoms with van der Waals surface area (Å²) in [5.74, 6) is -0.671. The van der Waals surface area contributed by atoms with E-state index < -0.39 is 5.97 Å². The molecule has 6 heteroatoms. The first-order chi connectivity index (χ1) is 9.90. The van der Waals surface area contributed by atoms with Crippen LogP contribution in [-0.2, 0) is 0 Å². The number of benzene rings is 1. The highest BCUT2D eigenvalue weighted by atomic mass is 16.5. The minimum Gasteiger partial charge on any atom is -0.495 e. The van der Waals surface area contributed by atoms with Crippen LogP contribution >= 0.6 is 0 Å². The fourth-order valence-corrected chi connectivity index (χ4v) is 1.79. The second-order valence-electron chi connectivity index (χ2n) is 4.69. The number of rotatable bonds is 6. The summed E-state index contributed by atoms with van der Waals surface area (Å²) < 4.78 is 5.13. The van der Waals surface area contributed by atoms with Crippen molar-refractivity contribution in [3.8, 4) is 5.75 Å². The maximum absolute atomic E-state index is 12.3. The van der Waals surface area contributed by atoms with Crippen molar-refractivity contribution < 1.29 is 19.4 Å². The molecule has 0 radical (unpaired) electrons. The number of carbonyl (C=O) groups is 2. The van der Waals surface area contributed by atoms with Crippen molar-refractivity contribution in [1.29, 1.82) is 0 Å². The molecule has 0 saturated heterocycles. The number of hydrogen-bond donors (Lipinski definition) is 2. The first kappa shape index (κ1) is 16.6. The Morgan fingerprint density at radius 2 is 2.14 bits per heavy atom. The third-order valence-corrected chi connectivity index (χ3v) is 2.90. The number of anilines is 1. The minimum atomic E-state index is -1.07. The Labute approximate surface area is 124 Å². The molecular formula is C15H20N2O4. The summed E-state index contributed by atoms with van der Waals surface area (Å²) in [6.45, 7) is 7.78. The molecule has 0 saturated carbocycles. The van der Waals surface area contributed by atoms with E-state index in [1.165, 1.54) is 25.3 Å². The van der Waals surface area contributed by atoms with Crippen molar-refractivity contribution in [1.82, 2.24) is 4.90 Å². The van der Waals surface area contributed by atoms with Crippen LogP contribution in [0.4, 0.5) is 10.5 Å². The highest BCUT2D eigenvalue weighted by Crippen LogP contribution is 2.26. The van der Waals surface area contributed by atoms with Crippen LogP contribution < -0.4 is 10.1 Å². The molecule has 0 fully saturated rings. The molecule has 0 spiro atoms. The van der Waals surface area contributed by atoms with Crippen LogP contribution in [0.25, 0.3) is 0 Å². The van der Waals surface area contributed by atoms with Gasteiger partial charge in [0.15, 0.2) is 0 Å². The molecule has 1 rings (SSSR count). The number of carbonyl (C=O) groups excluding carboxylic acids is 1. The third-order valence-electron chi connectivity index (χ3n) is 2.90. The van der Waals surface area contributed by atoms with Crippen LogP contribution in [0.15, 0.2) is 30.9 Å². The van der Waals surface area contributed by atoms with Gasteiger partial charge in [0.05, 0.1) is 18.4 Å². The standard InChI is InChI=1S/C15H20N2O4/c1-5-8-17(10(2)3)15(20)16-12-9-11(14(18)19)6-7-13(12)21-4/h5-7,9-10H,1,8H2,2-4H3,(H,16,20)(H,18,19). The fraction of sp³-hybridized carbons (Fsp3) is 0.333. The van der Waals surface area contributed by atoms with Gasteiger partial charge in [-0.3, -0.25) is 0 Å². The zero-order valence-electron chi connectivity index (χ0n) is 12.4. The van der Waals surface area contributed by atoms with E-state index in [0.29, 0.717) is 18.0 Å². The first-order valence-electron chi connectivity index (χ1n) is 6.50. The number of urea groups is 1. The molecule has 0 unspecified atom stereocenters. The Bertz CT molecular complexity index is 540. The first-order valence-corrected chi connectivity index (χ1v) is 6.50. The molecule has 114 valence electrons. The molecule has 1 aromatic rings. The zero-order chi connectivity index (χ0) is 16.0. The number of ether oxygens (including phenoxy) is 1. The summed E-state index contributed by atoms with van der Waals surface area (Å²) in [6.07, 6.45) is 1.63. The smallest absolute Gasteiger partial charge is 0.335 e. The number of hydrogen-bond acceptors (Lipinski definition) is 3. The van der Waals surface area contributed by atoms with Gasteiger partial charge in [-0.1, -0.05) is 6.08 Å². The molecule has 0 heterocycles. The van der Waals surface area contributed by atoms with Gasteiger partial charge >= 0.3 is 12.0 Å². The van der Waals surface area contributed by atoms with E-state index in [1.807, 2.05) is 13.8 Å². The number of aromatic carboxylic acids is 1. The van der Waals surface area contributed by atoms with Crippen LogP contribution in [0.5, 0.6) is 5.75 Å². The number of carboxylic acid groups (broad SMARTS) is 1. The lowest BCUT2D eigenvalue weighted by Gasteiger charge is -2.26. The van der Waals surface area contributed by atoms with Gasteiger partial charge in [0, 0.05) is 12.6 Å². The molecule has 0 aromatic heterocycles. The second-order valence-corrected chi connectivity index (χ2v) is 4.69. The van der Waals surface area contributed by atoms with Crippen molar-refractivity contribution in [2.45, 2.75) is 19.9 Å². The highest BCUT2D eigenvalue weighted by molar-refractivity contribution is 5.95. The van der Waals surface area contributed by atoms with Gasteiger partial charge in [-0.05, 0) is 32.0 Å². The largest absolute Gasteiger partial charge is 0.495 e. The zero-order valence-corrected chi connectivity index (χ0v) is 12.4. The Morgan fingerprint density at radius 3 is 2.62 bits per heavy atom. The van der Waals surface area contributed by atoms with Crippen molar-refractivity contribution in [2.75, 3.05) is 19.0 Å².